The van der Waals surface area contributed by atoms with Crippen molar-refractivity contribution in [2.24, 2.45) is 0 Å². The molecule has 21 heavy (non-hydrogen) atoms. The van der Waals surface area contributed by atoms with E-state index in [2.05, 4.69) is 10.6 Å². The molecular formula is C17H20N2O2. The fraction of sp³-hybridized carbons (Fsp3) is 0.235. The second-order valence-electron chi connectivity index (χ2n) is 4.71. The summed E-state index contributed by atoms with van der Waals surface area (Å²) in [7, 11) is 0. The Morgan fingerprint density at radius 2 is 1.76 bits per heavy atom. The summed E-state index contributed by atoms with van der Waals surface area (Å²) in [5.41, 5.74) is 1.87. The van der Waals surface area contributed by atoms with Crippen molar-refractivity contribution in [3.63, 3.8) is 0 Å². The molecule has 0 aromatic heterocycles. The van der Waals surface area contributed by atoms with Crippen molar-refractivity contribution in [3.8, 4) is 5.75 Å². The van der Waals surface area contributed by atoms with Gasteiger partial charge in [0.15, 0.2) is 0 Å². The van der Waals surface area contributed by atoms with Gasteiger partial charge in [0.2, 0.25) is 0 Å². The fourth-order valence-electron chi connectivity index (χ4n) is 1.86. The summed E-state index contributed by atoms with van der Waals surface area (Å²) in [4.78, 5) is 11.7. The van der Waals surface area contributed by atoms with Crippen LogP contribution in [-0.2, 0) is 0 Å². The molecule has 0 aliphatic rings. The minimum Gasteiger partial charge on any atom is -0.494 e. The smallest absolute Gasteiger partial charge is 0.319 e. The number of nitrogens with one attached hydrogen (secondary N) is 2. The molecule has 0 atom stereocenters. The summed E-state index contributed by atoms with van der Waals surface area (Å²) in [5.74, 6) is 0.849. The van der Waals surface area contributed by atoms with Gasteiger partial charge < -0.3 is 15.4 Å². The lowest BCUT2D eigenvalue weighted by atomic mass is 10.2. The Bertz CT molecular complexity index is 570. The van der Waals surface area contributed by atoms with Gasteiger partial charge in [-0.3, -0.25) is 0 Å². The third-order valence-electron chi connectivity index (χ3n) is 3.01. The zero-order valence-electron chi connectivity index (χ0n) is 12.1. The zero-order chi connectivity index (χ0) is 14.9. The number of hydrogen-bond donors (Lipinski definition) is 2. The summed E-state index contributed by atoms with van der Waals surface area (Å²) in [6.45, 7) is 3.11. The normalized spacial score (nSPS) is 9.95. The van der Waals surface area contributed by atoms with Crippen molar-refractivity contribution in [1.29, 1.82) is 0 Å². The number of benzene rings is 2. The quantitative estimate of drug-likeness (QED) is 0.796. The zero-order valence-corrected chi connectivity index (χ0v) is 12.1. The molecule has 0 saturated heterocycles. The van der Waals surface area contributed by atoms with Crippen LogP contribution in [0, 0.1) is 6.92 Å². The highest BCUT2D eigenvalue weighted by Gasteiger charge is 2.02. The summed E-state index contributed by atoms with van der Waals surface area (Å²) in [6, 6.07) is 17.1. The highest BCUT2D eigenvalue weighted by molar-refractivity contribution is 5.89. The molecule has 2 aromatic rings. The van der Waals surface area contributed by atoms with Crippen LogP contribution in [0.5, 0.6) is 5.75 Å². The van der Waals surface area contributed by atoms with Gasteiger partial charge in [0.1, 0.15) is 5.75 Å². The van der Waals surface area contributed by atoms with E-state index < -0.39 is 0 Å². The van der Waals surface area contributed by atoms with Gasteiger partial charge in [0.25, 0.3) is 0 Å². The number of carbonyl (C=O) groups is 1. The number of ether oxygens (including phenoxy) is 1. The Kier molecular flexibility index (Phi) is 5.64. The minimum atomic E-state index is -0.191. The van der Waals surface area contributed by atoms with Crippen LogP contribution in [-0.4, -0.2) is 19.2 Å². The molecule has 4 nitrogen and oxygen atoms in total. The third-order valence-corrected chi connectivity index (χ3v) is 3.01. The number of rotatable bonds is 6. The van der Waals surface area contributed by atoms with Crippen LogP contribution < -0.4 is 15.4 Å². The predicted octanol–water partition coefficient (Wildman–Crippen LogP) is 3.59. The van der Waals surface area contributed by atoms with E-state index in [-0.39, 0.29) is 6.03 Å². The molecule has 2 aromatic carbocycles. The SMILES string of the molecule is Cc1ccccc1NC(=O)NCCCOc1ccccc1. The van der Waals surface area contributed by atoms with Crippen LogP contribution >= 0.6 is 0 Å². The maximum Gasteiger partial charge on any atom is 0.319 e. The number of hydrogen-bond acceptors (Lipinski definition) is 2. The first kappa shape index (κ1) is 14.9. The highest BCUT2D eigenvalue weighted by Crippen LogP contribution is 2.12. The van der Waals surface area contributed by atoms with Gasteiger partial charge in [-0.05, 0) is 37.1 Å². The van der Waals surface area contributed by atoms with E-state index in [1.807, 2.05) is 61.5 Å². The lowest BCUT2D eigenvalue weighted by Gasteiger charge is -2.10. The maximum absolute atomic E-state index is 11.7. The van der Waals surface area contributed by atoms with Crippen molar-refractivity contribution in [1.82, 2.24) is 5.32 Å². The number of urea groups is 1. The van der Waals surface area contributed by atoms with Gasteiger partial charge >= 0.3 is 6.03 Å². The Labute approximate surface area is 125 Å². The second kappa shape index (κ2) is 7.94. The van der Waals surface area contributed by atoms with E-state index >= 15 is 0 Å². The van der Waals surface area contributed by atoms with Crippen molar-refractivity contribution < 1.29 is 9.53 Å². The Hall–Kier alpha value is -2.49. The molecule has 0 unspecified atom stereocenters. The van der Waals surface area contributed by atoms with Gasteiger partial charge in [0.05, 0.1) is 6.61 Å². The summed E-state index contributed by atoms with van der Waals surface area (Å²) in [6.07, 6.45) is 0.760. The first-order valence-corrected chi connectivity index (χ1v) is 7.04. The number of carbonyl (C=O) groups excluding carboxylic acids is 1. The molecule has 2 rings (SSSR count). The number of para-hydroxylation sites is 2. The van der Waals surface area contributed by atoms with Crippen LogP contribution in [0.1, 0.15) is 12.0 Å². The van der Waals surface area contributed by atoms with E-state index in [0.717, 1.165) is 23.4 Å². The standard InChI is InChI=1S/C17H20N2O2/c1-14-8-5-6-11-16(14)19-17(20)18-12-7-13-21-15-9-3-2-4-10-15/h2-6,8-11H,7,12-13H2,1H3,(H2,18,19,20). The topological polar surface area (TPSA) is 50.4 Å². The minimum absolute atomic E-state index is 0.191. The van der Waals surface area contributed by atoms with Gasteiger partial charge in [-0.1, -0.05) is 36.4 Å². The third kappa shape index (κ3) is 5.18. The molecule has 2 amide bonds. The Morgan fingerprint density at radius 3 is 2.52 bits per heavy atom. The number of anilines is 1. The van der Waals surface area contributed by atoms with Gasteiger partial charge in [-0.15, -0.1) is 0 Å². The molecule has 0 bridgehead atoms. The lowest BCUT2D eigenvalue weighted by Crippen LogP contribution is -2.30. The van der Waals surface area contributed by atoms with Crippen molar-refractivity contribution in [2.75, 3.05) is 18.5 Å². The van der Waals surface area contributed by atoms with Crippen LogP contribution in [0.2, 0.25) is 0 Å². The molecular weight excluding hydrogens is 264 g/mol. The first-order chi connectivity index (χ1) is 10.3. The molecule has 0 aliphatic heterocycles. The largest absolute Gasteiger partial charge is 0.494 e. The monoisotopic (exact) mass is 284 g/mol. The Balaban J connectivity index is 1.63. The van der Waals surface area contributed by atoms with Gasteiger partial charge in [-0.2, -0.15) is 0 Å². The van der Waals surface area contributed by atoms with Gasteiger partial charge in [0, 0.05) is 12.2 Å². The average molecular weight is 284 g/mol. The lowest BCUT2D eigenvalue weighted by molar-refractivity contribution is 0.250. The average Bonchev–Trinajstić information content (AvgIpc) is 2.50. The molecule has 0 radical (unpaired) electrons. The molecule has 0 heterocycles. The van der Waals surface area contributed by atoms with Crippen LogP contribution in [0.3, 0.4) is 0 Å². The summed E-state index contributed by atoms with van der Waals surface area (Å²) in [5, 5.41) is 5.64. The first-order valence-electron chi connectivity index (χ1n) is 7.04. The fourth-order valence-corrected chi connectivity index (χ4v) is 1.86. The van der Waals surface area contributed by atoms with Crippen molar-refractivity contribution in [2.45, 2.75) is 13.3 Å². The van der Waals surface area contributed by atoms with E-state index in [1.54, 1.807) is 0 Å². The summed E-state index contributed by atoms with van der Waals surface area (Å²) >= 11 is 0. The molecule has 2 N–H and O–H groups in total. The molecule has 4 heteroatoms. The maximum atomic E-state index is 11.7. The van der Waals surface area contributed by atoms with Crippen LogP contribution in [0.25, 0.3) is 0 Å². The van der Waals surface area contributed by atoms with Crippen molar-refractivity contribution >= 4 is 11.7 Å². The number of amides is 2. The van der Waals surface area contributed by atoms with Crippen LogP contribution in [0.15, 0.2) is 54.6 Å². The van der Waals surface area contributed by atoms with E-state index in [0.29, 0.717) is 13.2 Å². The van der Waals surface area contributed by atoms with Crippen LogP contribution in [0.4, 0.5) is 10.5 Å². The predicted molar refractivity (Wildman–Crippen MR) is 84.8 cm³/mol. The highest BCUT2D eigenvalue weighted by atomic mass is 16.5. The second-order valence-corrected chi connectivity index (χ2v) is 4.71. The Morgan fingerprint density at radius 1 is 1.05 bits per heavy atom. The van der Waals surface area contributed by atoms with Crippen molar-refractivity contribution in [3.05, 3.63) is 60.2 Å². The number of aryl methyl sites for hydroxylation is 1. The molecule has 110 valence electrons. The van der Waals surface area contributed by atoms with Gasteiger partial charge in [-0.25, -0.2) is 4.79 Å². The molecule has 0 spiro atoms. The van der Waals surface area contributed by atoms with E-state index in [4.69, 9.17) is 4.74 Å². The molecule has 0 aliphatic carbocycles. The molecule has 0 fully saturated rings. The summed E-state index contributed by atoms with van der Waals surface area (Å²) < 4.78 is 5.55. The van der Waals surface area contributed by atoms with E-state index in [9.17, 15) is 4.79 Å². The van der Waals surface area contributed by atoms with E-state index in [1.165, 1.54) is 0 Å². The molecule has 0 saturated carbocycles.